The van der Waals surface area contributed by atoms with Crippen LogP contribution < -0.4 is 5.32 Å². The van der Waals surface area contributed by atoms with Crippen molar-refractivity contribution >= 4 is 44.8 Å². The standard InChI is InChI=1S/C15H13BrClNOS/c1-8-6-12(20-14(8)16)13(17)10-3-2-9-4-5-18-15(19)11(9)7-10/h2-3,6-7,13H,4-5H2,1H3,(H,18,19). The molecule has 1 unspecified atom stereocenters. The van der Waals surface area contributed by atoms with Crippen molar-refractivity contribution in [1.82, 2.24) is 5.32 Å². The maximum atomic E-state index is 11.9. The van der Waals surface area contributed by atoms with E-state index < -0.39 is 0 Å². The average molecular weight is 371 g/mol. The molecule has 2 heterocycles. The highest BCUT2D eigenvalue weighted by Crippen LogP contribution is 2.38. The summed E-state index contributed by atoms with van der Waals surface area (Å²) in [5.74, 6) is 0.000470. The highest BCUT2D eigenvalue weighted by molar-refractivity contribution is 9.11. The molecule has 0 bridgehead atoms. The predicted octanol–water partition coefficient (Wildman–Crippen LogP) is 4.43. The summed E-state index contributed by atoms with van der Waals surface area (Å²) in [7, 11) is 0. The van der Waals surface area contributed by atoms with Gasteiger partial charge in [0.1, 0.15) is 0 Å². The van der Waals surface area contributed by atoms with Gasteiger partial charge in [-0.2, -0.15) is 0 Å². The summed E-state index contributed by atoms with van der Waals surface area (Å²) in [5, 5.41) is 2.65. The van der Waals surface area contributed by atoms with Crippen molar-refractivity contribution in [1.29, 1.82) is 0 Å². The molecule has 1 aromatic heterocycles. The van der Waals surface area contributed by atoms with Gasteiger partial charge in [-0.25, -0.2) is 0 Å². The Morgan fingerprint density at radius 3 is 2.90 bits per heavy atom. The number of carbonyl (C=O) groups is 1. The number of thiophene rings is 1. The molecule has 3 rings (SSSR count). The van der Waals surface area contributed by atoms with Gasteiger partial charge >= 0.3 is 0 Å². The molecule has 0 aliphatic carbocycles. The zero-order chi connectivity index (χ0) is 14.3. The van der Waals surface area contributed by atoms with E-state index in [0.29, 0.717) is 6.54 Å². The first-order chi connectivity index (χ1) is 9.56. The lowest BCUT2D eigenvalue weighted by Crippen LogP contribution is -2.31. The van der Waals surface area contributed by atoms with Crippen molar-refractivity contribution in [2.45, 2.75) is 18.7 Å². The summed E-state index contributed by atoms with van der Waals surface area (Å²) < 4.78 is 1.11. The Morgan fingerprint density at radius 1 is 1.40 bits per heavy atom. The summed E-state index contributed by atoms with van der Waals surface area (Å²) in [4.78, 5) is 13.0. The van der Waals surface area contributed by atoms with Crippen LogP contribution in [0, 0.1) is 6.92 Å². The molecule has 0 radical (unpaired) electrons. The minimum absolute atomic E-state index is 0.000470. The second kappa shape index (κ2) is 5.51. The lowest BCUT2D eigenvalue weighted by molar-refractivity contribution is 0.0946. The fraction of sp³-hybridized carbons (Fsp3) is 0.267. The van der Waals surface area contributed by atoms with Crippen LogP contribution in [-0.4, -0.2) is 12.5 Å². The molecule has 0 fully saturated rings. The highest BCUT2D eigenvalue weighted by atomic mass is 79.9. The fourth-order valence-corrected chi connectivity index (χ4v) is 4.27. The Bertz CT molecular complexity index is 663. The van der Waals surface area contributed by atoms with E-state index in [1.165, 1.54) is 5.56 Å². The number of halogens is 2. The van der Waals surface area contributed by atoms with Crippen molar-refractivity contribution in [3.63, 3.8) is 0 Å². The Kier molecular flexibility index (Phi) is 3.89. The Balaban J connectivity index is 1.98. The van der Waals surface area contributed by atoms with E-state index in [2.05, 4.69) is 27.3 Å². The minimum atomic E-state index is -0.218. The minimum Gasteiger partial charge on any atom is -0.352 e. The van der Waals surface area contributed by atoms with Gasteiger partial charge in [0.25, 0.3) is 5.91 Å². The molecule has 2 aromatic rings. The van der Waals surface area contributed by atoms with Gasteiger partial charge in [-0.05, 0) is 58.1 Å². The molecule has 1 atom stereocenters. The number of fused-ring (bicyclic) bond motifs is 1. The van der Waals surface area contributed by atoms with Crippen LogP contribution in [-0.2, 0) is 6.42 Å². The zero-order valence-electron chi connectivity index (χ0n) is 10.9. The van der Waals surface area contributed by atoms with Crippen LogP contribution in [0.2, 0.25) is 0 Å². The number of carbonyl (C=O) groups excluding carboxylic acids is 1. The number of amides is 1. The van der Waals surface area contributed by atoms with Gasteiger partial charge < -0.3 is 5.32 Å². The maximum Gasteiger partial charge on any atom is 0.251 e. The molecule has 1 aliphatic heterocycles. The summed E-state index contributed by atoms with van der Waals surface area (Å²) in [6, 6.07) is 8.06. The van der Waals surface area contributed by atoms with Gasteiger partial charge in [0.15, 0.2) is 0 Å². The van der Waals surface area contributed by atoms with Gasteiger partial charge in [-0.15, -0.1) is 22.9 Å². The SMILES string of the molecule is Cc1cc(C(Cl)c2ccc3c(c2)C(=O)NCC3)sc1Br. The Hall–Kier alpha value is -0.840. The molecular weight excluding hydrogens is 358 g/mol. The second-order valence-corrected chi connectivity index (χ2v) is 7.73. The molecule has 1 aliphatic rings. The van der Waals surface area contributed by atoms with Crippen LogP contribution in [0.25, 0.3) is 0 Å². The van der Waals surface area contributed by atoms with Crippen molar-refractivity contribution in [3.05, 3.63) is 55.2 Å². The van der Waals surface area contributed by atoms with E-state index in [4.69, 9.17) is 11.6 Å². The number of hydrogen-bond acceptors (Lipinski definition) is 2. The van der Waals surface area contributed by atoms with Gasteiger partial charge in [0, 0.05) is 17.0 Å². The molecule has 2 nitrogen and oxygen atoms in total. The normalized spacial score (nSPS) is 15.7. The average Bonchev–Trinajstić information content (AvgIpc) is 2.78. The van der Waals surface area contributed by atoms with Crippen LogP contribution >= 0.6 is 38.9 Å². The number of benzene rings is 1. The third kappa shape index (κ3) is 2.52. The van der Waals surface area contributed by atoms with Crippen LogP contribution in [0.5, 0.6) is 0 Å². The van der Waals surface area contributed by atoms with Crippen molar-refractivity contribution in [2.24, 2.45) is 0 Å². The van der Waals surface area contributed by atoms with Gasteiger partial charge in [0.2, 0.25) is 0 Å². The smallest absolute Gasteiger partial charge is 0.251 e. The van der Waals surface area contributed by atoms with E-state index in [0.717, 1.165) is 31.8 Å². The fourth-order valence-electron chi connectivity index (χ4n) is 2.36. The van der Waals surface area contributed by atoms with Gasteiger partial charge in [-0.1, -0.05) is 12.1 Å². The van der Waals surface area contributed by atoms with Crippen LogP contribution in [0.1, 0.15) is 37.3 Å². The molecule has 0 saturated heterocycles. The van der Waals surface area contributed by atoms with Crippen molar-refractivity contribution in [2.75, 3.05) is 6.54 Å². The van der Waals surface area contributed by atoms with E-state index in [1.54, 1.807) is 11.3 Å². The monoisotopic (exact) mass is 369 g/mol. The Morgan fingerprint density at radius 2 is 2.20 bits per heavy atom. The third-order valence-corrected chi connectivity index (χ3v) is 6.30. The molecule has 1 amide bonds. The molecule has 0 saturated carbocycles. The summed E-state index contributed by atoms with van der Waals surface area (Å²) in [6.07, 6.45) is 0.887. The molecule has 20 heavy (non-hydrogen) atoms. The molecular formula is C15H13BrClNOS. The van der Waals surface area contributed by atoms with Gasteiger partial charge in [-0.3, -0.25) is 4.79 Å². The van der Waals surface area contributed by atoms with Crippen LogP contribution in [0.3, 0.4) is 0 Å². The number of rotatable bonds is 2. The summed E-state index contributed by atoms with van der Waals surface area (Å²) in [6.45, 7) is 2.76. The van der Waals surface area contributed by atoms with Crippen molar-refractivity contribution < 1.29 is 4.79 Å². The van der Waals surface area contributed by atoms with Crippen LogP contribution in [0.15, 0.2) is 28.1 Å². The van der Waals surface area contributed by atoms with E-state index in [-0.39, 0.29) is 11.3 Å². The molecule has 5 heteroatoms. The molecule has 1 N–H and O–H groups in total. The number of nitrogens with one attached hydrogen (secondary N) is 1. The largest absolute Gasteiger partial charge is 0.352 e. The van der Waals surface area contributed by atoms with E-state index in [9.17, 15) is 4.79 Å². The number of aryl methyl sites for hydroxylation is 1. The first-order valence-corrected chi connectivity index (χ1v) is 8.42. The second-order valence-electron chi connectivity index (χ2n) is 4.89. The highest BCUT2D eigenvalue weighted by Gasteiger charge is 2.20. The van der Waals surface area contributed by atoms with Gasteiger partial charge in [0.05, 0.1) is 9.16 Å². The lowest BCUT2D eigenvalue weighted by atomic mass is 9.96. The predicted molar refractivity (Wildman–Crippen MR) is 86.9 cm³/mol. The molecule has 0 spiro atoms. The van der Waals surface area contributed by atoms with Crippen molar-refractivity contribution in [3.8, 4) is 0 Å². The third-order valence-electron chi connectivity index (χ3n) is 3.48. The molecule has 104 valence electrons. The number of alkyl halides is 1. The van der Waals surface area contributed by atoms with E-state index >= 15 is 0 Å². The zero-order valence-corrected chi connectivity index (χ0v) is 14.0. The first kappa shape index (κ1) is 14.1. The Labute approximate surface area is 135 Å². The van der Waals surface area contributed by atoms with E-state index in [1.807, 2.05) is 25.1 Å². The lowest BCUT2D eigenvalue weighted by Gasteiger charge is -2.18. The first-order valence-electron chi connectivity index (χ1n) is 6.37. The quantitative estimate of drug-likeness (QED) is 0.778. The topological polar surface area (TPSA) is 29.1 Å². The molecule has 1 aromatic carbocycles. The summed E-state index contributed by atoms with van der Waals surface area (Å²) in [5.41, 5.74) is 4.01. The maximum absolute atomic E-state index is 11.9. The van der Waals surface area contributed by atoms with Crippen LogP contribution in [0.4, 0.5) is 0 Å². The summed E-state index contributed by atoms with van der Waals surface area (Å²) >= 11 is 11.7. The number of hydrogen-bond donors (Lipinski definition) is 1.